The maximum absolute atomic E-state index is 13.6. The van der Waals surface area contributed by atoms with Gasteiger partial charge in [0.25, 0.3) is 5.91 Å². The van der Waals surface area contributed by atoms with Crippen LogP contribution in [0.5, 0.6) is 5.75 Å². The number of anilines is 1. The van der Waals surface area contributed by atoms with Crippen LogP contribution in [0.3, 0.4) is 0 Å². The second kappa shape index (κ2) is 10.1. The Bertz CT molecular complexity index is 863. The highest BCUT2D eigenvalue weighted by Crippen LogP contribution is 2.18. The highest BCUT2D eigenvalue weighted by Gasteiger charge is 2.29. The predicted molar refractivity (Wildman–Crippen MR) is 118 cm³/mol. The summed E-state index contributed by atoms with van der Waals surface area (Å²) in [6.07, 6.45) is 0. The third-order valence-corrected chi connectivity index (χ3v) is 6.50. The van der Waals surface area contributed by atoms with E-state index in [2.05, 4.69) is 29.2 Å². The van der Waals surface area contributed by atoms with Gasteiger partial charge in [-0.1, -0.05) is 18.2 Å². The summed E-state index contributed by atoms with van der Waals surface area (Å²) in [6, 6.07) is 15.1. The lowest BCUT2D eigenvalue weighted by Gasteiger charge is -2.37. The number of benzene rings is 2. The van der Waals surface area contributed by atoms with E-state index in [9.17, 15) is 9.18 Å². The molecule has 0 saturated carbocycles. The average Bonchev–Trinajstić information content (AvgIpc) is 2.81. The first-order valence-corrected chi connectivity index (χ1v) is 11.2. The topological polar surface area (TPSA) is 41.7 Å². The molecule has 0 radical (unpaired) electrons. The summed E-state index contributed by atoms with van der Waals surface area (Å²) in [5, 5.41) is 0. The summed E-state index contributed by atoms with van der Waals surface area (Å²) in [5.41, 5.74) is 2.14. The van der Waals surface area contributed by atoms with Crippen LogP contribution in [-0.2, 0) is 11.3 Å². The fraction of sp³-hybridized carbons (Fsp3) is 0.458. The molecule has 0 aromatic heterocycles. The number of rotatable bonds is 6. The highest BCUT2D eigenvalue weighted by molar-refractivity contribution is 5.77. The van der Waals surface area contributed by atoms with Crippen molar-refractivity contribution in [3.63, 3.8) is 0 Å². The van der Waals surface area contributed by atoms with Gasteiger partial charge in [-0.25, -0.2) is 4.39 Å². The van der Waals surface area contributed by atoms with Gasteiger partial charge in [-0.05, 0) is 30.3 Å². The van der Waals surface area contributed by atoms with Crippen LogP contribution in [0.25, 0.3) is 0 Å². The molecule has 2 aromatic rings. The van der Waals surface area contributed by atoms with Gasteiger partial charge in [0.2, 0.25) is 0 Å². The quantitative estimate of drug-likeness (QED) is 0.650. The lowest BCUT2D eigenvalue weighted by Crippen LogP contribution is -3.28. The minimum Gasteiger partial charge on any atom is -0.496 e. The molecular weight excluding hydrogens is 395 g/mol. The molecule has 0 atom stereocenters. The molecule has 2 heterocycles. The van der Waals surface area contributed by atoms with E-state index in [1.165, 1.54) is 21.6 Å². The fourth-order valence-corrected chi connectivity index (χ4v) is 4.64. The summed E-state index contributed by atoms with van der Waals surface area (Å²) >= 11 is 0. The smallest absolute Gasteiger partial charge is 0.277 e. The molecule has 2 aromatic carbocycles. The van der Waals surface area contributed by atoms with Gasteiger partial charge in [0, 0.05) is 31.9 Å². The first-order valence-electron chi connectivity index (χ1n) is 11.2. The van der Waals surface area contributed by atoms with Crippen LogP contribution in [0.4, 0.5) is 10.1 Å². The minimum absolute atomic E-state index is 0.225. The molecule has 2 aliphatic rings. The van der Waals surface area contributed by atoms with Crippen molar-refractivity contribution in [2.75, 3.05) is 70.9 Å². The number of amides is 1. The van der Waals surface area contributed by atoms with Gasteiger partial charge in [-0.3, -0.25) is 4.79 Å². The SMILES string of the molecule is COc1ccc(F)cc1C[NH+]1CC[NH+](CC(=O)N2CCN(c3ccccc3)CC2)CC1. The first kappa shape index (κ1) is 21.6. The molecule has 0 aliphatic carbocycles. The van der Waals surface area contributed by atoms with Crippen molar-refractivity contribution in [2.45, 2.75) is 6.54 Å². The Balaban J connectivity index is 1.21. The number of ether oxygens (including phenoxy) is 1. The fourth-order valence-electron chi connectivity index (χ4n) is 4.64. The second-order valence-electron chi connectivity index (χ2n) is 8.51. The molecule has 2 N–H and O–H groups in total. The van der Waals surface area contributed by atoms with Crippen LogP contribution in [0.15, 0.2) is 48.5 Å². The zero-order valence-corrected chi connectivity index (χ0v) is 18.3. The molecule has 2 fully saturated rings. The Morgan fingerprint density at radius 2 is 1.65 bits per heavy atom. The predicted octanol–water partition coefficient (Wildman–Crippen LogP) is -0.533. The molecule has 2 saturated heterocycles. The standard InChI is InChI=1S/C24H31FN4O2/c1-31-23-8-7-21(25)17-20(23)18-26-9-11-27(12-10-26)19-24(30)29-15-13-28(14-16-29)22-5-3-2-4-6-22/h2-8,17H,9-16,18-19H2,1H3/p+2. The number of para-hydroxylation sites is 1. The van der Waals surface area contributed by atoms with Crippen LogP contribution in [0, 0.1) is 5.82 Å². The van der Waals surface area contributed by atoms with Crippen LogP contribution in [0.1, 0.15) is 5.56 Å². The molecule has 0 spiro atoms. The first-order chi connectivity index (χ1) is 15.1. The zero-order chi connectivity index (χ0) is 21.6. The monoisotopic (exact) mass is 428 g/mol. The van der Waals surface area contributed by atoms with Gasteiger partial charge in [-0.2, -0.15) is 0 Å². The van der Waals surface area contributed by atoms with Gasteiger partial charge < -0.3 is 24.3 Å². The molecule has 4 rings (SSSR count). The van der Waals surface area contributed by atoms with Gasteiger partial charge in [0.05, 0.1) is 12.7 Å². The number of methoxy groups -OCH3 is 1. The van der Waals surface area contributed by atoms with Crippen molar-refractivity contribution in [1.82, 2.24) is 4.90 Å². The van der Waals surface area contributed by atoms with Crippen molar-refractivity contribution in [3.8, 4) is 5.75 Å². The summed E-state index contributed by atoms with van der Waals surface area (Å²) in [7, 11) is 1.62. The number of carbonyl (C=O) groups excluding carboxylic acids is 1. The largest absolute Gasteiger partial charge is 0.496 e. The van der Waals surface area contributed by atoms with Crippen molar-refractivity contribution in [3.05, 3.63) is 59.9 Å². The Morgan fingerprint density at radius 1 is 0.968 bits per heavy atom. The lowest BCUT2D eigenvalue weighted by atomic mass is 10.1. The molecule has 0 bridgehead atoms. The van der Waals surface area contributed by atoms with Crippen molar-refractivity contribution in [2.24, 2.45) is 0 Å². The zero-order valence-electron chi connectivity index (χ0n) is 18.3. The molecular formula is C24H33FN4O2+2. The lowest BCUT2D eigenvalue weighted by molar-refractivity contribution is -1.02. The number of nitrogens with zero attached hydrogens (tertiary/aromatic N) is 2. The second-order valence-corrected chi connectivity index (χ2v) is 8.51. The van der Waals surface area contributed by atoms with Gasteiger partial charge in [0.1, 0.15) is 44.3 Å². The molecule has 2 aliphatic heterocycles. The molecule has 31 heavy (non-hydrogen) atoms. The minimum atomic E-state index is -0.225. The van der Waals surface area contributed by atoms with E-state index in [4.69, 9.17) is 4.74 Å². The Kier molecular flexibility index (Phi) is 7.04. The van der Waals surface area contributed by atoms with Crippen LogP contribution < -0.4 is 19.4 Å². The van der Waals surface area contributed by atoms with Crippen LogP contribution >= 0.6 is 0 Å². The average molecular weight is 429 g/mol. The number of halogens is 1. The third kappa shape index (κ3) is 5.54. The molecule has 6 nitrogen and oxygen atoms in total. The molecule has 166 valence electrons. The molecule has 0 unspecified atom stereocenters. The Hall–Kier alpha value is -2.64. The van der Waals surface area contributed by atoms with Gasteiger partial charge in [-0.15, -0.1) is 0 Å². The van der Waals surface area contributed by atoms with E-state index in [1.54, 1.807) is 19.2 Å². The van der Waals surface area contributed by atoms with E-state index < -0.39 is 0 Å². The van der Waals surface area contributed by atoms with E-state index in [0.717, 1.165) is 70.2 Å². The number of hydrogen-bond donors (Lipinski definition) is 2. The van der Waals surface area contributed by atoms with E-state index in [-0.39, 0.29) is 11.7 Å². The summed E-state index contributed by atoms with van der Waals surface area (Å²) in [6.45, 7) is 8.55. The molecule has 1 amide bonds. The highest BCUT2D eigenvalue weighted by atomic mass is 19.1. The summed E-state index contributed by atoms with van der Waals surface area (Å²) < 4.78 is 19.0. The van der Waals surface area contributed by atoms with Crippen LogP contribution in [0.2, 0.25) is 0 Å². The number of piperazine rings is 2. The van der Waals surface area contributed by atoms with Crippen molar-refractivity contribution in [1.29, 1.82) is 0 Å². The summed E-state index contributed by atoms with van der Waals surface area (Å²) in [4.78, 5) is 20.0. The third-order valence-electron chi connectivity index (χ3n) is 6.50. The number of nitrogens with one attached hydrogen (secondary N) is 2. The van der Waals surface area contributed by atoms with E-state index in [1.807, 2.05) is 11.0 Å². The van der Waals surface area contributed by atoms with Gasteiger partial charge in [0.15, 0.2) is 6.54 Å². The Morgan fingerprint density at radius 3 is 2.32 bits per heavy atom. The molecule has 7 heteroatoms. The van der Waals surface area contributed by atoms with Crippen LogP contribution in [-0.4, -0.2) is 76.8 Å². The Labute approximate surface area is 183 Å². The number of carbonyl (C=O) groups is 1. The maximum Gasteiger partial charge on any atom is 0.277 e. The normalized spacial score (nSPS) is 21.7. The van der Waals surface area contributed by atoms with Gasteiger partial charge >= 0.3 is 0 Å². The van der Waals surface area contributed by atoms with Crippen molar-refractivity contribution >= 4 is 11.6 Å². The number of quaternary nitrogens is 2. The number of hydrogen-bond acceptors (Lipinski definition) is 3. The van der Waals surface area contributed by atoms with E-state index in [0.29, 0.717) is 6.54 Å². The van der Waals surface area contributed by atoms with Crippen molar-refractivity contribution < 1.29 is 23.7 Å². The summed E-state index contributed by atoms with van der Waals surface area (Å²) in [5.74, 6) is 0.781. The maximum atomic E-state index is 13.6. The van der Waals surface area contributed by atoms with E-state index >= 15 is 0 Å².